The van der Waals surface area contributed by atoms with Crippen molar-refractivity contribution in [1.29, 1.82) is 0 Å². The smallest absolute Gasteiger partial charge is 0.410 e. The topological polar surface area (TPSA) is 107 Å². The van der Waals surface area contributed by atoms with Crippen LogP contribution in [0.5, 0.6) is 5.75 Å². The Hall–Kier alpha value is -4.02. The van der Waals surface area contributed by atoms with E-state index < -0.39 is 23.7 Å². The summed E-state index contributed by atoms with van der Waals surface area (Å²) >= 11 is 0. The minimum Gasteiger partial charge on any atom is -0.489 e. The average molecular weight is 515 g/mol. The number of carbonyl (C=O) groups is 2. The number of aromatic nitrogens is 3. The number of ether oxygens (including phenoxy) is 2. The molecule has 2 atom stereocenters. The number of hydrogen-bond acceptors (Lipinski definition) is 6. The van der Waals surface area contributed by atoms with E-state index in [4.69, 9.17) is 9.47 Å². The molecule has 2 aromatic heterocycles. The van der Waals surface area contributed by atoms with Gasteiger partial charge in [0, 0.05) is 25.7 Å². The Bertz CT molecular complexity index is 1240. The largest absolute Gasteiger partial charge is 0.489 e. The van der Waals surface area contributed by atoms with E-state index >= 15 is 0 Å². The predicted molar refractivity (Wildman–Crippen MR) is 128 cm³/mol. The number of amides is 1. The fourth-order valence-electron chi connectivity index (χ4n) is 4.38. The van der Waals surface area contributed by atoms with Crippen LogP contribution in [0.2, 0.25) is 0 Å². The van der Waals surface area contributed by atoms with Crippen molar-refractivity contribution in [2.75, 3.05) is 7.05 Å². The number of benzene rings is 1. The molecule has 9 nitrogen and oxygen atoms in total. The number of nitrogens with zero attached hydrogens (tertiary/aromatic N) is 4. The van der Waals surface area contributed by atoms with E-state index in [0.29, 0.717) is 35.5 Å². The third kappa shape index (κ3) is 6.60. The van der Waals surface area contributed by atoms with Crippen molar-refractivity contribution in [2.45, 2.75) is 44.9 Å². The molecule has 1 saturated carbocycles. The fourth-order valence-corrected chi connectivity index (χ4v) is 4.38. The van der Waals surface area contributed by atoms with Crippen LogP contribution in [-0.4, -0.2) is 50.0 Å². The SMILES string of the molecule is CN(Cc1c(-c2ccc(O[C@H]3CCCC(C(=O)O)C3)cn2)cnn1C)C(=O)OCc1cc(F)cc(F)c1. The maximum atomic E-state index is 13.4. The second-order valence-electron chi connectivity index (χ2n) is 9.14. The molecule has 1 fully saturated rings. The summed E-state index contributed by atoms with van der Waals surface area (Å²) in [5, 5.41) is 13.6. The van der Waals surface area contributed by atoms with Gasteiger partial charge >= 0.3 is 12.1 Å². The molecule has 1 aliphatic carbocycles. The van der Waals surface area contributed by atoms with Crippen LogP contribution in [0, 0.1) is 17.6 Å². The molecule has 0 spiro atoms. The normalized spacial score (nSPS) is 17.3. The summed E-state index contributed by atoms with van der Waals surface area (Å²) in [6.07, 6.45) is 5.15. The first-order valence-corrected chi connectivity index (χ1v) is 11.9. The number of carboxylic acids is 1. The number of carbonyl (C=O) groups excluding carboxylic acids is 1. The van der Waals surface area contributed by atoms with Gasteiger partial charge in [0.2, 0.25) is 0 Å². The number of hydrogen-bond donors (Lipinski definition) is 1. The van der Waals surface area contributed by atoms with Gasteiger partial charge in [0.1, 0.15) is 24.0 Å². The molecule has 3 aromatic rings. The van der Waals surface area contributed by atoms with Crippen LogP contribution < -0.4 is 4.74 Å². The third-order valence-electron chi connectivity index (χ3n) is 6.34. The predicted octanol–water partition coefficient (Wildman–Crippen LogP) is 4.55. The quantitative estimate of drug-likeness (QED) is 0.470. The van der Waals surface area contributed by atoms with Gasteiger partial charge in [0.05, 0.1) is 42.3 Å². The highest BCUT2D eigenvalue weighted by molar-refractivity contribution is 5.70. The maximum Gasteiger partial charge on any atom is 0.410 e. The molecule has 2 heterocycles. The number of pyridine rings is 1. The standard InChI is InChI=1S/C26H28F2N4O5/c1-31(26(35)36-15-16-8-18(27)11-19(28)9-16)14-24-22(13-30-32(24)2)23-7-6-21(12-29-23)37-20-5-3-4-17(10-20)25(33)34/h6-9,11-13,17,20H,3-5,10,14-15H2,1-2H3,(H,33,34)/t17?,20-/m0/s1. The third-order valence-corrected chi connectivity index (χ3v) is 6.34. The van der Waals surface area contributed by atoms with Gasteiger partial charge in [-0.15, -0.1) is 0 Å². The Kier molecular flexibility index (Phi) is 8.00. The Labute approximate surface area is 212 Å². The van der Waals surface area contributed by atoms with E-state index in [1.54, 1.807) is 43.3 Å². The van der Waals surface area contributed by atoms with E-state index in [9.17, 15) is 23.5 Å². The van der Waals surface area contributed by atoms with E-state index in [-0.39, 0.29) is 30.7 Å². The van der Waals surface area contributed by atoms with Crippen LogP contribution in [0.4, 0.5) is 13.6 Å². The van der Waals surface area contributed by atoms with Crippen LogP contribution in [0.25, 0.3) is 11.3 Å². The second kappa shape index (κ2) is 11.4. The number of carboxylic acid groups (broad SMARTS) is 1. The van der Waals surface area contributed by atoms with E-state index in [1.165, 1.54) is 4.90 Å². The molecule has 1 amide bonds. The van der Waals surface area contributed by atoms with E-state index in [2.05, 4.69) is 10.1 Å². The van der Waals surface area contributed by atoms with Gasteiger partial charge in [0.15, 0.2) is 0 Å². The molecule has 1 aromatic carbocycles. The summed E-state index contributed by atoms with van der Waals surface area (Å²) in [5.74, 6) is -2.11. The highest BCUT2D eigenvalue weighted by atomic mass is 19.1. The Balaban J connectivity index is 1.38. The monoisotopic (exact) mass is 514 g/mol. The minimum atomic E-state index is -0.789. The number of aryl methyl sites for hydroxylation is 1. The minimum absolute atomic E-state index is 0.154. The lowest BCUT2D eigenvalue weighted by atomic mass is 9.87. The zero-order chi connectivity index (χ0) is 26.5. The summed E-state index contributed by atoms with van der Waals surface area (Å²) in [4.78, 5) is 29.6. The van der Waals surface area contributed by atoms with Crippen molar-refractivity contribution < 1.29 is 33.0 Å². The molecular formula is C26H28F2N4O5. The van der Waals surface area contributed by atoms with Crippen molar-refractivity contribution in [3.05, 3.63) is 65.6 Å². The molecule has 11 heteroatoms. The molecule has 4 rings (SSSR count). The van der Waals surface area contributed by atoms with Gasteiger partial charge < -0.3 is 19.5 Å². The highest BCUT2D eigenvalue weighted by Gasteiger charge is 2.28. The summed E-state index contributed by atoms with van der Waals surface area (Å²) in [5.41, 5.74) is 2.25. The van der Waals surface area contributed by atoms with Crippen molar-refractivity contribution in [1.82, 2.24) is 19.7 Å². The van der Waals surface area contributed by atoms with Gasteiger partial charge in [-0.25, -0.2) is 13.6 Å². The fraction of sp³-hybridized carbons (Fsp3) is 0.385. The lowest BCUT2D eigenvalue weighted by Gasteiger charge is -2.27. The molecule has 37 heavy (non-hydrogen) atoms. The molecule has 196 valence electrons. The Morgan fingerprint density at radius 2 is 1.92 bits per heavy atom. The zero-order valence-electron chi connectivity index (χ0n) is 20.6. The lowest BCUT2D eigenvalue weighted by Crippen LogP contribution is -2.29. The first kappa shape index (κ1) is 26.1. The Morgan fingerprint density at radius 3 is 2.59 bits per heavy atom. The number of halogens is 2. The molecule has 0 aliphatic heterocycles. The molecular weight excluding hydrogens is 486 g/mol. The highest BCUT2D eigenvalue weighted by Crippen LogP contribution is 2.29. The van der Waals surface area contributed by atoms with Crippen LogP contribution in [-0.2, 0) is 29.7 Å². The molecule has 1 aliphatic rings. The van der Waals surface area contributed by atoms with Crippen LogP contribution in [0.15, 0.2) is 42.7 Å². The molecule has 0 saturated heterocycles. The van der Waals surface area contributed by atoms with Crippen molar-refractivity contribution in [2.24, 2.45) is 13.0 Å². The first-order valence-electron chi connectivity index (χ1n) is 11.9. The summed E-state index contributed by atoms with van der Waals surface area (Å²) in [7, 11) is 3.29. The van der Waals surface area contributed by atoms with Crippen LogP contribution in [0.3, 0.4) is 0 Å². The average Bonchev–Trinajstić information content (AvgIpc) is 3.22. The lowest BCUT2D eigenvalue weighted by molar-refractivity contribution is -0.143. The van der Waals surface area contributed by atoms with Crippen LogP contribution in [0.1, 0.15) is 36.9 Å². The molecule has 0 bridgehead atoms. The van der Waals surface area contributed by atoms with E-state index in [0.717, 1.165) is 31.0 Å². The zero-order valence-corrected chi connectivity index (χ0v) is 20.6. The number of rotatable bonds is 8. The van der Waals surface area contributed by atoms with Gasteiger partial charge in [-0.1, -0.05) is 0 Å². The Morgan fingerprint density at radius 1 is 1.16 bits per heavy atom. The molecule has 1 N–H and O–H groups in total. The maximum absolute atomic E-state index is 13.4. The van der Waals surface area contributed by atoms with E-state index in [1.807, 2.05) is 0 Å². The summed E-state index contributed by atoms with van der Waals surface area (Å²) in [6.45, 7) is -0.117. The van der Waals surface area contributed by atoms with Crippen LogP contribution >= 0.6 is 0 Å². The van der Waals surface area contributed by atoms with Gasteiger partial charge in [0.25, 0.3) is 0 Å². The van der Waals surface area contributed by atoms with Gasteiger partial charge in [-0.05, 0) is 55.5 Å². The van der Waals surface area contributed by atoms with Crippen molar-refractivity contribution in [3.63, 3.8) is 0 Å². The van der Waals surface area contributed by atoms with Gasteiger partial charge in [-0.2, -0.15) is 5.10 Å². The van der Waals surface area contributed by atoms with Gasteiger partial charge in [-0.3, -0.25) is 14.5 Å². The molecule has 0 radical (unpaired) electrons. The van der Waals surface area contributed by atoms with Crippen molar-refractivity contribution >= 4 is 12.1 Å². The second-order valence-corrected chi connectivity index (χ2v) is 9.14. The number of aliphatic carboxylic acids is 1. The van der Waals surface area contributed by atoms with Crippen molar-refractivity contribution in [3.8, 4) is 17.0 Å². The molecule has 1 unspecified atom stereocenters. The summed E-state index contributed by atoms with van der Waals surface area (Å²) < 4.78 is 39.5. The summed E-state index contributed by atoms with van der Waals surface area (Å²) in [6, 6.07) is 6.52. The first-order chi connectivity index (χ1) is 17.7.